The van der Waals surface area contributed by atoms with Crippen LogP contribution in [0.4, 0.5) is 5.69 Å². The molecule has 0 aliphatic carbocycles. The zero-order valence-corrected chi connectivity index (χ0v) is 14.2. The molecule has 3 aromatic rings. The standard InChI is InChI=1S/C16H12Br2N2O/c17-11-3-1-2-10(6-11)9-21-15-5-4-14(19)13-7-12(18)8-20-16(13)15/h1-8H,9,19H2. The normalized spacial score (nSPS) is 10.8. The van der Waals surface area contributed by atoms with Gasteiger partial charge in [-0.3, -0.25) is 4.98 Å². The summed E-state index contributed by atoms with van der Waals surface area (Å²) in [4.78, 5) is 4.41. The van der Waals surface area contributed by atoms with E-state index < -0.39 is 0 Å². The first kappa shape index (κ1) is 14.4. The number of nitrogens with two attached hydrogens (primary N) is 1. The quantitative estimate of drug-likeness (QED) is 0.626. The van der Waals surface area contributed by atoms with Crippen molar-refractivity contribution in [2.24, 2.45) is 0 Å². The SMILES string of the molecule is Nc1ccc(OCc2cccc(Br)c2)c2ncc(Br)cc12. The van der Waals surface area contributed by atoms with Crippen molar-refractivity contribution >= 4 is 48.5 Å². The van der Waals surface area contributed by atoms with Crippen LogP contribution in [0.5, 0.6) is 5.75 Å². The van der Waals surface area contributed by atoms with Crippen molar-refractivity contribution in [1.82, 2.24) is 4.98 Å². The van der Waals surface area contributed by atoms with E-state index in [4.69, 9.17) is 10.5 Å². The molecule has 0 spiro atoms. The lowest BCUT2D eigenvalue weighted by Crippen LogP contribution is -1.98. The zero-order valence-electron chi connectivity index (χ0n) is 11.0. The number of nitrogen functional groups attached to an aromatic ring is 1. The monoisotopic (exact) mass is 406 g/mol. The molecule has 3 nitrogen and oxygen atoms in total. The minimum atomic E-state index is 0.482. The van der Waals surface area contributed by atoms with Gasteiger partial charge in [-0.05, 0) is 51.8 Å². The molecular formula is C16H12Br2N2O. The molecule has 0 fully saturated rings. The van der Waals surface area contributed by atoms with Crippen LogP contribution in [0.2, 0.25) is 0 Å². The molecule has 0 bridgehead atoms. The number of hydrogen-bond acceptors (Lipinski definition) is 3. The molecule has 0 aliphatic heterocycles. The summed E-state index contributed by atoms with van der Waals surface area (Å²) < 4.78 is 7.83. The molecule has 1 aromatic heterocycles. The molecule has 3 rings (SSSR count). The fraction of sp³-hybridized carbons (Fsp3) is 0.0625. The minimum absolute atomic E-state index is 0.482. The van der Waals surface area contributed by atoms with E-state index in [0.29, 0.717) is 12.3 Å². The van der Waals surface area contributed by atoms with Gasteiger partial charge >= 0.3 is 0 Å². The summed E-state index contributed by atoms with van der Waals surface area (Å²) in [5.41, 5.74) is 8.55. The van der Waals surface area contributed by atoms with Gasteiger partial charge in [0.25, 0.3) is 0 Å². The maximum Gasteiger partial charge on any atom is 0.146 e. The highest BCUT2D eigenvalue weighted by molar-refractivity contribution is 9.10. The van der Waals surface area contributed by atoms with E-state index in [9.17, 15) is 0 Å². The van der Waals surface area contributed by atoms with E-state index in [1.165, 1.54) is 0 Å². The van der Waals surface area contributed by atoms with Crippen molar-refractivity contribution in [3.8, 4) is 5.75 Å². The Hall–Kier alpha value is -1.59. The Bertz CT molecular complexity index is 805. The van der Waals surface area contributed by atoms with E-state index in [-0.39, 0.29) is 0 Å². The van der Waals surface area contributed by atoms with Crippen molar-refractivity contribution < 1.29 is 4.74 Å². The number of halogens is 2. The van der Waals surface area contributed by atoms with Crippen LogP contribution in [-0.4, -0.2) is 4.98 Å². The molecule has 5 heteroatoms. The van der Waals surface area contributed by atoms with Crippen molar-refractivity contribution in [1.29, 1.82) is 0 Å². The van der Waals surface area contributed by atoms with Gasteiger partial charge in [0.05, 0.1) is 0 Å². The Kier molecular flexibility index (Phi) is 4.12. The maximum atomic E-state index is 6.00. The first-order valence-electron chi connectivity index (χ1n) is 6.34. The summed E-state index contributed by atoms with van der Waals surface area (Å²) in [7, 11) is 0. The third kappa shape index (κ3) is 3.19. The highest BCUT2D eigenvalue weighted by atomic mass is 79.9. The van der Waals surface area contributed by atoms with Gasteiger partial charge in [0.15, 0.2) is 0 Å². The lowest BCUT2D eigenvalue weighted by molar-refractivity contribution is 0.309. The molecule has 1 heterocycles. The highest BCUT2D eigenvalue weighted by Gasteiger charge is 2.08. The van der Waals surface area contributed by atoms with Crippen LogP contribution < -0.4 is 10.5 Å². The summed E-state index contributed by atoms with van der Waals surface area (Å²) in [6, 6.07) is 13.7. The van der Waals surface area contributed by atoms with Crippen LogP contribution >= 0.6 is 31.9 Å². The Balaban J connectivity index is 1.92. The summed E-state index contributed by atoms with van der Waals surface area (Å²) in [6.07, 6.45) is 1.74. The number of hydrogen-bond donors (Lipinski definition) is 1. The average molecular weight is 408 g/mol. The minimum Gasteiger partial charge on any atom is -0.487 e. The van der Waals surface area contributed by atoms with Gasteiger partial charge < -0.3 is 10.5 Å². The lowest BCUT2D eigenvalue weighted by Gasteiger charge is -2.10. The van der Waals surface area contributed by atoms with Crippen molar-refractivity contribution in [2.45, 2.75) is 6.61 Å². The van der Waals surface area contributed by atoms with E-state index in [0.717, 1.165) is 31.2 Å². The van der Waals surface area contributed by atoms with E-state index in [2.05, 4.69) is 36.8 Å². The second kappa shape index (κ2) is 6.03. The molecule has 106 valence electrons. The number of nitrogens with zero attached hydrogens (tertiary/aromatic N) is 1. The van der Waals surface area contributed by atoms with Gasteiger partial charge in [0, 0.05) is 26.2 Å². The number of anilines is 1. The summed E-state index contributed by atoms with van der Waals surface area (Å²) in [5, 5.41) is 0.885. The third-order valence-corrected chi connectivity index (χ3v) is 4.02. The Morgan fingerprint density at radius 3 is 2.71 bits per heavy atom. The summed E-state index contributed by atoms with van der Waals surface area (Å²) in [6.45, 7) is 0.482. The highest BCUT2D eigenvalue weighted by Crippen LogP contribution is 2.30. The number of benzene rings is 2. The molecule has 2 aromatic carbocycles. The second-order valence-corrected chi connectivity index (χ2v) is 6.45. The largest absolute Gasteiger partial charge is 0.487 e. The molecule has 2 N–H and O–H groups in total. The molecule has 0 amide bonds. The fourth-order valence-electron chi connectivity index (χ4n) is 2.09. The first-order valence-corrected chi connectivity index (χ1v) is 7.93. The lowest BCUT2D eigenvalue weighted by atomic mass is 10.1. The average Bonchev–Trinajstić information content (AvgIpc) is 2.47. The Labute approximate surface area is 139 Å². The molecule has 0 saturated carbocycles. The van der Waals surface area contributed by atoms with E-state index in [1.54, 1.807) is 6.20 Å². The Morgan fingerprint density at radius 1 is 1.05 bits per heavy atom. The Morgan fingerprint density at radius 2 is 1.90 bits per heavy atom. The van der Waals surface area contributed by atoms with Crippen LogP contribution in [-0.2, 0) is 6.61 Å². The van der Waals surface area contributed by atoms with E-state index in [1.807, 2.05) is 42.5 Å². The van der Waals surface area contributed by atoms with Gasteiger partial charge in [0.2, 0.25) is 0 Å². The predicted molar refractivity (Wildman–Crippen MR) is 92.3 cm³/mol. The summed E-state index contributed by atoms with van der Waals surface area (Å²) >= 11 is 6.87. The topological polar surface area (TPSA) is 48.1 Å². The van der Waals surface area contributed by atoms with Crippen LogP contribution in [0.15, 0.2) is 57.6 Å². The summed E-state index contributed by atoms with van der Waals surface area (Å²) in [5.74, 6) is 0.728. The zero-order chi connectivity index (χ0) is 14.8. The molecular weight excluding hydrogens is 396 g/mol. The number of rotatable bonds is 3. The molecule has 0 radical (unpaired) electrons. The van der Waals surface area contributed by atoms with E-state index >= 15 is 0 Å². The number of aromatic nitrogens is 1. The van der Waals surface area contributed by atoms with Crippen molar-refractivity contribution in [3.63, 3.8) is 0 Å². The van der Waals surface area contributed by atoms with Crippen molar-refractivity contribution in [3.05, 3.63) is 63.2 Å². The van der Waals surface area contributed by atoms with Crippen LogP contribution in [0.3, 0.4) is 0 Å². The van der Waals surface area contributed by atoms with Crippen LogP contribution in [0, 0.1) is 0 Å². The van der Waals surface area contributed by atoms with Crippen LogP contribution in [0.1, 0.15) is 5.56 Å². The van der Waals surface area contributed by atoms with Crippen LogP contribution in [0.25, 0.3) is 10.9 Å². The number of pyridine rings is 1. The van der Waals surface area contributed by atoms with Crippen molar-refractivity contribution in [2.75, 3.05) is 5.73 Å². The molecule has 21 heavy (non-hydrogen) atoms. The van der Waals surface area contributed by atoms with Gasteiger partial charge in [-0.2, -0.15) is 0 Å². The molecule has 0 aliphatic rings. The predicted octanol–water partition coefficient (Wildman–Crippen LogP) is 4.92. The molecule has 0 saturated heterocycles. The molecule has 0 unspecified atom stereocenters. The third-order valence-electron chi connectivity index (χ3n) is 3.10. The smallest absolute Gasteiger partial charge is 0.146 e. The second-order valence-electron chi connectivity index (χ2n) is 4.62. The maximum absolute atomic E-state index is 6.00. The van der Waals surface area contributed by atoms with Gasteiger partial charge in [-0.25, -0.2) is 0 Å². The first-order chi connectivity index (χ1) is 10.1. The fourth-order valence-corrected chi connectivity index (χ4v) is 2.87. The number of ether oxygens (including phenoxy) is 1. The number of fused-ring (bicyclic) bond motifs is 1. The molecule has 0 atom stereocenters. The van der Waals surface area contributed by atoms with Gasteiger partial charge in [-0.15, -0.1) is 0 Å². The van der Waals surface area contributed by atoms with Gasteiger partial charge in [-0.1, -0.05) is 28.1 Å². The van der Waals surface area contributed by atoms with Gasteiger partial charge in [0.1, 0.15) is 17.9 Å².